The summed E-state index contributed by atoms with van der Waals surface area (Å²) in [5, 5.41) is 3.90. The number of nitrogens with zero attached hydrogens (tertiary/aromatic N) is 2. The Morgan fingerprint density at radius 3 is 2.69 bits per heavy atom. The lowest BCUT2D eigenvalue weighted by Crippen LogP contribution is -2.31. The Morgan fingerprint density at radius 2 is 2.00 bits per heavy atom. The topological polar surface area (TPSA) is 76.8 Å². The first-order valence-electron chi connectivity index (χ1n) is 10.5. The number of hydrogen-bond donors (Lipinski definition) is 1. The summed E-state index contributed by atoms with van der Waals surface area (Å²) >= 11 is 5.60. The van der Waals surface area contributed by atoms with E-state index in [0.717, 1.165) is 28.5 Å². The number of carbonyl (C=O) groups excluding carboxylic acids is 1. The maximum atomic E-state index is 11.8. The molecule has 1 aliphatic rings. The highest BCUT2D eigenvalue weighted by atomic mass is 32.1. The molecule has 1 saturated heterocycles. The molecule has 0 spiro atoms. The van der Waals surface area contributed by atoms with Crippen molar-refractivity contribution in [1.29, 1.82) is 0 Å². The number of rotatable bonds is 8. The Morgan fingerprint density at radius 1 is 1.19 bits per heavy atom. The highest BCUT2D eigenvalue weighted by Gasteiger charge is 2.41. The van der Waals surface area contributed by atoms with E-state index in [9.17, 15) is 4.79 Å². The summed E-state index contributed by atoms with van der Waals surface area (Å²) in [5.41, 5.74) is 1.79. The lowest BCUT2D eigenvalue weighted by molar-refractivity contribution is -0.140. The fraction of sp³-hybridized carbons (Fsp3) is 0.292. The van der Waals surface area contributed by atoms with Gasteiger partial charge in [0.2, 0.25) is 0 Å². The van der Waals surface area contributed by atoms with Crippen molar-refractivity contribution in [2.75, 3.05) is 20.3 Å². The number of esters is 1. The monoisotopic (exact) mass is 451 g/mol. The largest absolute Gasteiger partial charge is 0.494 e. The van der Waals surface area contributed by atoms with E-state index in [-0.39, 0.29) is 24.5 Å². The summed E-state index contributed by atoms with van der Waals surface area (Å²) in [4.78, 5) is 18.3. The minimum atomic E-state index is -0.289. The molecule has 1 aliphatic heterocycles. The zero-order valence-electron chi connectivity index (χ0n) is 18.0. The molecule has 32 heavy (non-hydrogen) atoms. The maximum Gasteiger partial charge on any atom is 0.307 e. The zero-order valence-corrected chi connectivity index (χ0v) is 18.8. The number of benzene rings is 1. The van der Waals surface area contributed by atoms with Crippen LogP contribution in [0.2, 0.25) is 0 Å². The van der Waals surface area contributed by atoms with Crippen LogP contribution in [0.5, 0.6) is 5.75 Å². The smallest absolute Gasteiger partial charge is 0.307 e. The van der Waals surface area contributed by atoms with Crippen molar-refractivity contribution in [2.45, 2.75) is 25.4 Å². The van der Waals surface area contributed by atoms with Crippen molar-refractivity contribution in [1.82, 2.24) is 15.2 Å². The third kappa shape index (κ3) is 4.60. The van der Waals surface area contributed by atoms with E-state index in [2.05, 4.69) is 10.3 Å². The summed E-state index contributed by atoms with van der Waals surface area (Å²) in [6, 6.07) is 17.0. The Hall–Kier alpha value is -3.39. The summed E-state index contributed by atoms with van der Waals surface area (Å²) in [5.74, 6) is 2.01. The molecule has 0 saturated carbocycles. The van der Waals surface area contributed by atoms with Gasteiger partial charge in [-0.25, -0.2) is 0 Å². The minimum Gasteiger partial charge on any atom is -0.494 e. The lowest BCUT2D eigenvalue weighted by Gasteiger charge is -2.25. The second kappa shape index (κ2) is 9.82. The van der Waals surface area contributed by atoms with Gasteiger partial charge in [0, 0.05) is 18.3 Å². The molecule has 1 aromatic carbocycles. The first-order valence-corrected chi connectivity index (χ1v) is 10.9. The van der Waals surface area contributed by atoms with E-state index >= 15 is 0 Å². The number of ether oxygens (including phenoxy) is 2. The molecule has 8 heteroatoms. The molecule has 4 rings (SSSR count). The van der Waals surface area contributed by atoms with Gasteiger partial charge < -0.3 is 24.1 Å². The van der Waals surface area contributed by atoms with E-state index in [1.54, 1.807) is 6.20 Å². The SMILES string of the molecule is CCOc1ccc(-c2ccc([C@@H]3[C@H](c4ccccn4)NC(=S)N3CCC(=O)OC)o2)cc1. The van der Waals surface area contributed by atoms with Gasteiger partial charge in [-0.15, -0.1) is 0 Å². The van der Waals surface area contributed by atoms with Crippen LogP contribution in [-0.2, 0) is 9.53 Å². The van der Waals surface area contributed by atoms with Crippen LogP contribution < -0.4 is 10.1 Å². The van der Waals surface area contributed by atoms with E-state index in [1.165, 1.54) is 7.11 Å². The van der Waals surface area contributed by atoms with Crippen molar-refractivity contribution in [2.24, 2.45) is 0 Å². The third-order valence-electron chi connectivity index (χ3n) is 5.35. The molecular weight excluding hydrogens is 426 g/mol. The Kier molecular flexibility index (Phi) is 6.70. The molecule has 7 nitrogen and oxygen atoms in total. The van der Waals surface area contributed by atoms with Crippen molar-refractivity contribution >= 4 is 23.3 Å². The second-order valence-electron chi connectivity index (χ2n) is 7.31. The molecule has 0 amide bonds. The molecule has 3 heterocycles. The van der Waals surface area contributed by atoms with Crippen LogP contribution in [0.25, 0.3) is 11.3 Å². The van der Waals surface area contributed by atoms with E-state index in [4.69, 9.17) is 26.1 Å². The number of nitrogens with one attached hydrogen (secondary N) is 1. The summed E-state index contributed by atoms with van der Waals surface area (Å²) in [7, 11) is 1.38. The van der Waals surface area contributed by atoms with Crippen LogP contribution in [0.3, 0.4) is 0 Å². The molecule has 0 radical (unpaired) electrons. The summed E-state index contributed by atoms with van der Waals surface area (Å²) in [6.07, 6.45) is 1.97. The molecule has 2 atom stereocenters. The van der Waals surface area contributed by atoms with Crippen LogP contribution in [0.15, 0.2) is 65.2 Å². The molecule has 1 N–H and O–H groups in total. The highest BCUT2D eigenvalue weighted by Crippen LogP contribution is 2.40. The average Bonchev–Trinajstić information content (AvgIpc) is 3.43. The van der Waals surface area contributed by atoms with Crippen LogP contribution in [0.1, 0.15) is 36.9 Å². The highest BCUT2D eigenvalue weighted by molar-refractivity contribution is 7.80. The van der Waals surface area contributed by atoms with Gasteiger partial charge in [-0.3, -0.25) is 9.78 Å². The fourth-order valence-corrected chi connectivity index (χ4v) is 4.15. The van der Waals surface area contributed by atoms with Crippen molar-refractivity contribution in [3.63, 3.8) is 0 Å². The minimum absolute atomic E-state index is 0.208. The molecule has 1 fully saturated rings. The van der Waals surface area contributed by atoms with Crippen molar-refractivity contribution in [3.8, 4) is 17.1 Å². The zero-order chi connectivity index (χ0) is 22.5. The predicted octanol–water partition coefficient (Wildman–Crippen LogP) is 4.28. The van der Waals surface area contributed by atoms with Gasteiger partial charge in [0.05, 0.1) is 31.9 Å². The Bertz CT molecular complexity index is 1070. The number of aromatic nitrogens is 1. The normalized spacial score (nSPS) is 17.8. The molecule has 0 bridgehead atoms. The number of pyridine rings is 1. The third-order valence-corrected chi connectivity index (χ3v) is 5.70. The van der Waals surface area contributed by atoms with E-state index in [1.807, 2.05) is 66.4 Å². The quantitative estimate of drug-likeness (QED) is 0.402. The van der Waals surface area contributed by atoms with Gasteiger partial charge in [0.25, 0.3) is 0 Å². The Labute approximate surface area is 192 Å². The summed E-state index contributed by atoms with van der Waals surface area (Å²) < 4.78 is 16.6. The Balaban J connectivity index is 1.64. The van der Waals surface area contributed by atoms with Crippen LogP contribution in [0, 0.1) is 0 Å². The first kappa shape index (κ1) is 21.8. The van der Waals surface area contributed by atoms with Gasteiger partial charge in [0.15, 0.2) is 5.11 Å². The summed E-state index contributed by atoms with van der Waals surface area (Å²) in [6.45, 7) is 2.98. The molecular formula is C24H25N3O4S. The number of carbonyl (C=O) groups is 1. The molecule has 0 aliphatic carbocycles. The average molecular weight is 452 g/mol. The van der Waals surface area contributed by atoms with Gasteiger partial charge in [-0.1, -0.05) is 6.07 Å². The standard InChI is InChI=1S/C24H25N3O4S/c1-3-30-17-9-7-16(8-10-17)19-11-12-20(31-19)23-22(18-6-4-5-14-25-18)26-24(32)27(23)15-13-21(28)29-2/h4-12,14,22-23H,3,13,15H2,1-2H3,(H,26,32)/t22-,23+/m0/s1. The molecule has 0 unspecified atom stereocenters. The molecule has 3 aromatic rings. The number of furan rings is 1. The van der Waals surface area contributed by atoms with Crippen molar-refractivity contribution < 1.29 is 18.7 Å². The van der Waals surface area contributed by atoms with Crippen LogP contribution >= 0.6 is 12.2 Å². The predicted molar refractivity (Wildman–Crippen MR) is 124 cm³/mol. The number of hydrogen-bond acceptors (Lipinski definition) is 6. The van der Waals surface area contributed by atoms with Gasteiger partial charge >= 0.3 is 5.97 Å². The van der Waals surface area contributed by atoms with E-state index in [0.29, 0.717) is 18.3 Å². The fourth-order valence-electron chi connectivity index (χ4n) is 3.82. The first-order chi connectivity index (χ1) is 15.6. The van der Waals surface area contributed by atoms with Crippen molar-refractivity contribution in [3.05, 3.63) is 72.2 Å². The van der Waals surface area contributed by atoms with Crippen LogP contribution in [-0.4, -0.2) is 41.2 Å². The van der Waals surface area contributed by atoms with Gasteiger partial charge in [-0.05, 0) is 67.7 Å². The second-order valence-corrected chi connectivity index (χ2v) is 7.69. The maximum absolute atomic E-state index is 11.8. The van der Waals surface area contributed by atoms with Gasteiger partial charge in [0.1, 0.15) is 23.3 Å². The molecule has 2 aromatic heterocycles. The number of thiocarbonyl (C=S) groups is 1. The van der Waals surface area contributed by atoms with Gasteiger partial charge in [-0.2, -0.15) is 0 Å². The van der Waals surface area contributed by atoms with E-state index < -0.39 is 0 Å². The lowest BCUT2D eigenvalue weighted by atomic mass is 10.0. The van der Waals surface area contributed by atoms with Crippen LogP contribution in [0.4, 0.5) is 0 Å². The number of methoxy groups -OCH3 is 1. The molecule has 166 valence electrons.